The van der Waals surface area contributed by atoms with Crippen LogP contribution in [0.4, 0.5) is 0 Å². The van der Waals surface area contributed by atoms with Gasteiger partial charge in [0.05, 0.1) is 18.2 Å². The first-order chi connectivity index (χ1) is 11.7. The second-order valence-corrected chi connectivity index (χ2v) is 6.55. The molecule has 0 spiro atoms. The van der Waals surface area contributed by atoms with Gasteiger partial charge >= 0.3 is 0 Å². The van der Waals surface area contributed by atoms with E-state index in [2.05, 4.69) is 17.2 Å². The van der Waals surface area contributed by atoms with Crippen LogP contribution in [0.25, 0.3) is 0 Å². The van der Waals surface area contributed by atoms with Crippen molar-refractivity contribution in [2.75, 3.05) is 13.7 Å². The van der Waals surface area contributed by atoms with Gasteiger partial charge in [-0.25, -0.2) is 4.98 Å². The van der Waals surface area contributed by atoms with Crippen LogP contribution in [-0.4, -0.2) is 24.5 Å². The summed E-state index contributed by atoms with van der Waals surface area (Å²) < 4.78 is 5.20. The molecule has 0 aliphatic rings. The number of halogens is 1. The van der Waals surface area contributed by atoms with Gasteiger partial charge in [-0.1, -0.05) is 31.9 Å². The molecule has 1 atom stereocenters. The van der Waals surface area contributed by atoms with E-state index in [0.29, 0.717) is 18.7 Å². The van der Waals surface area contributed by atoms with Crippen LogP contribution in [0.3, 0.4) is 0 Å². The van der Waals surface area contributed by atoms with Crippen molar-refractivity contribution in [3.05, 3.63) is 45.9 Å². The number of hydrogen-bond donors (Lipinski definition) is 2. The maximum atomic E-state index is 12.5. The molecule has 0 fully saturated rings. The molecule has 1 heterocycles. The number of aromatic nitrogens is 1. The number of carbonyl (C=O) groups is 1. The average Bonchev–Trinajstić information content (AvgIpc) is 3.07. The van der Waals surface area contributed by atoms with Gasteiger partial charge in [0, 0.05) is 11.8 Å². The molecule has 5 nitrogen and oxygen atoms in total. The van der Waals surface area contributed by atoms with Gasteiger partial charge in [0.1, 0.15) is 11.4 Å². The Kier molecular flexibility index (Phi) is 9.49. The molecule has 0 saturated heterocycles. The molecule has 0 radical (unpaired) electrons. The molecule has 7 heteroatoms. The van der Waals surface area contributed by atoms with Crippen molar-refractivity contribution in [3.8, 4) is 5.75 Å². The number of carbonyl (C=O) groups excluding carboxylic acids is 1. The normalized spacial score (nSPS) is 11.5. The van der Waals surface area contributed by atoms with Crippen LogP contribution in [0, 0.1) is 0 Å². The van der Waals surface area contributed by atoms with Gasteiger partial charge in [-0.15, -0.1) is 23.7 Å². The Morgan fingerprint density at radius 3 is 2.68 bits per heavy atom. The minimum atomic E-state index is -0.133. The third kappa shape index (κ3) is 6.30. The molecule has 2 aromatic rings. The van der Waals surface area contributed by atoms with E-state index < -0.39 is 0 Å². The van der Waals surface area contributed by atoms with Crippen LogP contribution in [0.2, 0.25) is 0 Å². The number of benzene rings is 1. The highest BCUT2D eigenvalue weighted by atomic mass is 35.5. The Morgan fingerprint density at radius 2 is 2.08 bits per heavy atom. The smallest absolute Gasteiger partial charge is 0.271 e. The van der Waals surface area contributed by atoms with E-state index in [-0.39, 0.29) is 24.4 Å². The average molecular weight is 384 g/mol. The fourth-order valence-corrected chi connectivity index (χ4v) is 3.25. The van der Waals surface area contributed by atoms with E-state index in [9.17, 15) is 4.79 Å². The number of unbranched alkanes of at least 4 members (excludes halogenated alkanes) is 1. The fourth-order valence-electron chi connectivity index (χ4n) is 2.45. The Bertz CT molecular complexity index is 646. The molecule has 1 unspecified atom stereocenters. The van der Waals surface area contributed by atoms with E-state index in [1.807, 2.05) is 24.3 Å². The molecule has 0 saturated carbocycles. The lowest BCUT2D eigenvalue weighted by Gasteiger charge is -2.19. The van der Waals surface area contributed by atoms with Crippen molar-refractivity contribution in [1.29, 1.82) is 0 Å². The molecule has 1 aromatic heterocycles. The van der Waals surface area contributed by atoms with Gasteiger partial charge in [-0.05, 0) is 30.7 Å². The molecule has 0 aliphatic heterocycles. The van der Waals surface area contributed by atoms with Gasteiger partial charge < -0.3 is 15.8 Å². The molecule has 138 valence electrons. The second kappa shape index (κ2) is 11.1. The third-order valence-corrected chi connectivity index (χ3v) is 4.72. The summed E-state index contributed by atoms with van der Waals surface area (Å²) in [5.41, 5.74) is 7.09. The predicted molar refractivity (Wildman–Crippen MR) is 105 cm³/mol. The maximum absolute atomic E-state index is 12.5. The zero-order valence-corrected chi connectivity index (χ0v) is 16.3. The summed E-state index contributed by atoms with van der Waals surface area (Å²) in [5.74, 6) is 0.677. The van der Waals surface area contributed by atoms with E-state index >= 15 is 0 Å². The minimum Gasteiger partial charge on any atom is -0.497 e. The largest absolute Gasteiger partial charge is 0.497 e. The number of rotatable bonds is 9. The van der Waals surface area contributed by atoms with Crippen molar-refractivity contribution in [2.45, 2.75) is 38.6 Å². The van der Waals surface area contributed by atoms with Crippen molar-refractivity contribution >= 4 is 29.7 Å². The summed E-state index contributed by atoms with van der Waals surface area (Å²) in [6.45, 7) is 2.69. The second-order valence-electron chi connectivity index (χ2n) is 5.61. The van der Waals surface area contributed by atoms with Crippen LogP contribution in [0.1, 0.15) is 53.3 Å². The Morgan fingerprint density at radius 1 is 1.36 bits per heavy atom. The monoisotopic (exact) mass is 383 g/mol. The quantitative estimate of drug-likeness (QED) is 0.691. The van der Waals surface area contributed by atoms with Gasteiger partial charge in [-0.2, -0.15) is 0 Å². The van der Waals surface area contributed by atoms with Crippen molar-refractivity contribution in [1.82, 2.24) is 10.3 Å². The molecule has 0 bridgehead atoms. The number of nitrogens with two attached hydrogens (primary N) is 1. The van der Waals surface area contributed by atoms with E-state index in [0.717, 1.165) is 35.6 Å². The summed E-state index contributed by atoms with van der Waals surface area (Å²) in [7, 11) is 1.65. The fraction of sp³-hybridized carbons (Fsp3) is 0.444. The summed E-state index contributed by atoms with van der Waals surface area (Å²) in [6.07, 6.45) is 3.73. The number of methoxy groups -OCH3 is 1. The summed E-state index contributed by atoms with van der Waals surface area (Å²) in [5, 5.41) is 5.81. The molecule has 2 rings (SSSR count). The number of thiazole rings is 1. The molecule has 0 aliphatic carbocycles. The predicted octanol–water partition coefficient (Wildman–Crippen LogP) is 3.74. The third-order valence-electron chi connectivity index (χ3n) is 3.81. The van der Waals surface area contributed by atoms with Crippen molar-refractivity contribution in [2.24, 2.45) is 5.73 Å². The minimum absolute atomic E-state index is 0. The summed E-state index contributed by atoms with van der Waals surface area (Å²) >= 11 is 1.48. The highest BCUT2D eigenvalue weighted by Gasteiger charge is 2.17. The molecule has 1 aromatic carbocycles. The summed E-state index contributed by atoms with van der Waals surface area (Å²) in [6, 6.07) is 7.81. The Labute approximate surface area is 159 Å². The van der Waals surface area contributed by atoms with Crippen LogP contribution >= 0.6 is 23.7 Å². The SMILES string of the molecule is CCCCC(NC(=O)c1csc(CCN)n1)c1ccc(OC)cc1.Cl. The topological polar surface area (TPSA) is 77.2 Å². The Hall–Kier alpha value is -1.63. The molecular formula is C18H26ClN3O2S. The zero-order valence-electron chi connectivity index (χ0n) is 14.7. The highest BCUT2D eigenvalue weighted by molar-refractivity contribution is 7.09. The number of nitrogens with one attached hydrogen (secondary N) is 1. The van der Waals surface area contributed by atoms with Crippen molar-refractivity contribution < 1.29 is 9.53 Å². The molecule has 25 heavy (non-hydrogen) atoms. The van der Waals surface area contributed by atoms with Crippen molar-refractivity contribution in [3.63, 3.8) is 0 Å². The van der Waals surface area contributed by atoms with Gasteiger partial charge in [0.15, 0.2) is 0 Å². The Balaban J connectivity index is 0.00000312. The number of nitrogens with zero attached hydrogens (tertiary/aromatic N) is 1. The van der Waals surface area contributed by atoms with E-state index in [1.54, 1.807) is 12.5 Å². The maximum Gasteiger partial charge on any atom is 0.271 e. The van der Waals surface area contributed by atoms with Crippen LogP contribution in [0.5, 0.6) is 5.75 Å². The number of amides is 1. The lowest BCUT2D eigenvalue weighted by Crippen LogP contribution is -2.29. The zero-order chi connectivity index (χ0) is 17.4. The molecular weight excluding hydrogens is 358 g/mol. The van der Waals surface area contributed by atoms with Gasteiger partial charge in [-0.3, -0.25) is 4.79 Å². The summed E-state index contributed by atoms with van der Waals surface area (Å²) in [4.78, 5) is 16.9. The first kappa shape index (κ1) is 21.4. The van der Waals surface area contributed by atoms with E-state index in [4.69, 9.17) is 10.5 Å². The molecule has 3 N–H and O–H groups in total. The van der Waals surface area contributed by atoms with Crippen LogP contribution in [0.15, 0.2) is 29.6 Å². The first-order valence-corrected chi connectivity index (χ1v) is 9.15. The van der Waals surface area contributed by atoms with Crippen LogP contribution < -0.4 is 15.8 Å². The van der Waals surface area contributed by atoms with Gasteiger partial charge in [0.2, 0.25) is 0 Å². The standard InChI is InChI=1S/C18H25N3O2S.ClH/c1-3-4-5-15(13-6-8-14(23-2)9-7-13)21-18(22)16-12-24-17(20-16)10-11-19;/h6-9,12,15H,3-5,10-11,19H2,1-2H3,(H,21,22);1H. The van der Waals surface area contributed by atoms with Gasteiger partial charge in [0.25, 0.3) is 5.91 Å². The highest BCUT2D eigenvalue weighted by Crippen LogP contribution is 2.23. The first-order valence-electron chi connectivity index (χ1n) is 8.27. The number of hydrogen-bond acceptors (Lipinski definition) is 5. The van der Waals surface area contributed by atoms with E-state index in [1.165, 1.54) is 11.3 Å². The molecule has 1 amide bonds. The lowest BCUT2D eigenvalue weighted by molar-refractivity contribution is 0.0929. The van der Waals surface area contributed by atoms with Crippen LogP contribution in [-0.2, 0) is 6.42 Å². The lowest BCUT2D eigenvalue weighted by atomic mass is 10.0. The number of ether oxygens (including phenoxy) is 1.